The highest BCUT2D eigenvalue weighted by Gasteiger charge is 2.65. The third kappa shape index (κ3) is 2.33. The molecule has 0 radical (unpaired) electrons. The van der Waals surface area contributed by atoms with Gasteiger partial charge in [-0.05, 0) is 18.6 Å². The second-order valence-corrected chi connectivity index (χ2v) is 7.50. The zero-order chi connectivity index (χ0) is 15.8. The van der Waals surface area contributed by atoms with Crippen LogP contribution in [0.3, 0.4) is 0 Å². The smallest absolute Gasteiger partial charge is 0.166 e. The van der Waals surface area contributed by atoms with Crippen LogP contribution in [0.25, 0.3) is 0 Å². The fraction of sp³-hybridized carbons (Fsp3) is 0.579. The molecular formula is C19H28ClNO5. The molecule has 6 nitrogen and oxygen atoms in total. The molecule has 26 heavy (non-hydrogen) atoms. The van der Waals surface area contributed by atoms with Crippen molar-refractivity contribution in [2.24, 2.45) is 5.92 Å². The maximum absolute atomic E-state index is 10.6. The number of likely N-dealkylation sites (N-methyl/N-ethyl adjacent to an activating group) is 1. The molecule has 1 spiro atoms. The highest BCUT2D eigenvalue weighted by molar-refractivity contribution is 5.61. The van der Waals surface area contributed by atoms with E-state index in [9.17, 15) is 5.11 Å². The number of hydrogen-bond acceptors (Lipinski definition) is 3. The number of nitrogens with one attached hydrogen (secondary N) is 1. The Kier molecular flexibility index (Phi) is 5.67. The lowest BCUT2D eigenvalue weighted by atomic mass is 9.53. The van der Waals surface area contributed by atoms with Crippen molar-refractivity contribution in [2.75, 3.05) is 20.2 Å². The molecule has 2 bridgehead atoms. The number of hydrogen-bond donors (Lipinski definition) is 2. The molecule has 1 aromatic rings. The molecule has 1 saturated heterocycles. The molecule has 6 N–H and O–H groups in total. The van der Waals surface area contributed by atoms with E-state index in [1.54, 1.807) is 4.90 Å². The van der Waals surface area contributed by atoms with Crippen LogP contribution in [-0.4, -0.2) is 54.5 Å². The average Bonchev–Trinajstić information content (AvgIpc) is 2.90. The van der Waals surface area contributed by atoms with Crippen molar-refractivity contribution in [3.05, 3.63) is 35.4 Å². The van der Waals surface area contributed by atoms with Crippen molar-refractivity contribution in [1.29, 1.82) is 0 Å². The van der Waals surface area contributed by atoms with Gasteiger partial charge in [-0.2, -0.15) is 0 Å². The summed E-state index contributed by atoms with van der Waals surface area (Å²) >= 11 is 0. The summed E-state index contributed by atoms with van der Waals surface area (Å²) < 4.78 is 12.2. The number of halogens is 1. The van der Waals surface area contributed by atoms with Crippen LogP contribution in [-0.2, 0) is 11.8 Å². The van der Waals surface area contributed by atoms with E-state index < -0.39 is 6.10 Å². The van der Waals surface area contributed by atoms with E-state index in [1.165, 1.54) is 11.1 Å². The number of ether oxygens (including phenoxy) is 2. The first-order chi connectivity index (χ1) is 11.2. The fourth-order valence-electron chi connectivity index (χ4n) is 5.64. The standard InChI is InChI=1S/C19H23NO3.ClH.2H2O/c1-3-22-15-7-4-11-10-13-12-5-6-14(21)18-19(12,8-9-20(13)2)16(11)17(15)23-18;;;/h4-7,12-14,18,21H,3,8-10H2,1-2H3;1H;2*1H2/t12-,13+,14-,18-,19-;;;/m0.../s1. The van der Waals surface area contributed by atoms with Gasteiger partial charge >= 0.3 is 0 Å². The Morgan fingerprint density at radius 2 is 2.08 bits per heavy atom. The Balaban J connectivity index is 0.000000810. The van der Waals surface area contributed by atoms with Gasteiger partial charge in [0.1, 0.15) is 12.2 Å². The van der Waals surface area contributed by atoms with E-state index in [4.69, 9.17) is 9.47 Å². The van der Waals surface area contributed by atoms with Crippen LogP contribution >= 0.6 is 0 Å². The SMILES string of the molecule is CCOc1ccc2c3c1O[C@H]1[C@@H](O)C=C[C@H]4[C@@H](C2)[NH+](C)CC[C@@]341.O.O.[Cl-]. The zero-order valence-electron chi connectivity index (χ0n) is 15.1. The number of rotatable bonds is 2. The van der Waals surface area contributed by atoms with Crippen molar-refractivity contribution in [3.8, 4) is 11.5 Å². The van der Waals surface area contributed by atoms with E-state index in [0.29, 0.717) is 18.6 Å². The molecule has 1 aromatic carbocycles. The van der Waals surface area contributed by atoms with E-state index in [1.807, 2.05) is 13.0 Å². The van der Waals surface area contributed by atoms with Crippen LogP contribution in [0.4, 0.5) is 0 Å². The summed E-state index contributed by atoms with van der Waals surface area (Å²) in [7, 11) is 2.31. The summed E-state index contributed by atoms with van der Waals surface area (Å²) in [5.74, 6) is 2.20. The minimum atomic E-state index is -0.530. The summed E-state index contributed by atoms with van der Waals surface area (Å²) in [5.41, 5.74) is 2.67. The molecule has 0 aromatic heterocycles. The highest BCUT2D eigenvalue weighted by Crippen LogP contribution is 2.60. The Morgan fingerprint density at radius 3 is 2.81 bits per heavy atom. The Morgan fingerprint density at radius 1 is 1.31 bits per heavy atom. The van der Waals surface area contributed by atoms with Gasteiger partial charge in [0, 0.05) is 24.3 Å². The van der Waals surface area contributed by atoms with Crippen LogP contribution in [0.15, 0.2) is 24.3 Å². The first-order valence-corrected chi connectivity index (χ1v) is 8.81. The first kappa shape index (κ1) is 21.0. The lowest BCUT2D eigenvalue weighted by molar-refractivity contribution is -0.917. The van der Waals surface area contributed by atoms with Crippen molar-refractivity contribution >= 4 is 0 Å². The third-order valence-electron chi connectivity index (χ3n) is 6.59. The molecule has 5 rings (SSSR count). The average molecular weight is 386 g/mol. The van der Waals surface area contributed by atoms with Gasteiger partial charge in [0.25, 0.3) is 0 Å². The van der Waals surface area contributed by atoms with E-state index in [-0.39, 0.29) is 34.9 Å². The summed E-state index contributed by atoms with van der Waals surface area (Å²) in [4.78, 5) is 1.60. The van der Waals surface area contributed by atoms with Crippen LogP contribution in [0.5, 0.6) is 11.5 Å². The molecule has 1 fully saturated rings. The summed E-state index contributed by atoms with van der Waals surface area (Å²) in [5, 5.41) is 10.6. The monoisotopic (exact) mass is 385 g/mol. The predicted molar refractivity (Wildman–Crippen MR) is 93.4 cm³/mol. The van der Waals surface area contributed by atoms with Crippen LogP contribution in [0, 0.1) is 5.92 Å². The van der Waals surface area contributed by atoms with Gasteiger partial charge in [0.15, 0.2) is 11.5 Å². The van der Waals surface area contributed by atoms with Gasteiger partial charge in [-0.1, -0.05) is 18.2 Å². The molecule has 6 atom stereocenters. The maximum Gasteiger partial charge on any atom is 0.166 e. The maximum atomic E-state index is 10.6. The second kappa shape index (κ2) is 7.02. The molecule has 146 valence electrons. The molecule has 1 unspecified atom stereocenters. The topological polar surface area (TPSA) is 106 Å². The van der Waals surface area contributed by atoms with Gasteiger partial charge < -0.3 is 42.8 Å². The number of benzene rings is 1. The number of likely N-dealkylation sites (tertiary alicyclic amines) is 1. The summed E-state index contributed by atoms with van der Waals surface area (Å²) in [6.07, 6.45) is 5.69. The van der Waals surface area contributed by atoms with Gasteiger partial charge in [-0.3, -0.25) is 0 Å². The second-order valence-electron chi connectivity index (χ2n) is 7.50. The summed E-state index contributed by atoms with van der Waals surface area (Å²) in [6, 6.07) is 4.86. The molecule has 7 heteroatoms. The van der Waals surface area contributed by atoms with Gasteiger partial charge in [0.2, 0.25) is 0 Å². The number of aliphatic hydroxyl groups is 1. The molecule has 2 heterocycles. The van der Waals surface area contributed by atoms with Crippen LogP contribution in [0.1, 0.15) is 24.5 Å². The van der Waals surface area contributed by atoms with Gasteiger partial charge in [0.05, 0.1) is 31.7 Å². The predicted octanol–water partition coefficient (Wildman–Crippen LogP) is -4.17. The third-order valence-corrected chi connectivity index (χ3v) is 6.59. The minimum Gasteiger partial charge on any atom is -1.00 e. The molecule has 0 amide bonds. The van der Waals surface area contributed by atoms with E-state index >= 15 is 0 Å². The number of piperidine rings is 1. The Labute approximate surface area is 159 Å². The van der Waals surface area contributed by atoms with Crippen molar-refractivity contribution in [2.45, 2.75) is 43.4 Å². The first-order valence-electron chi connectivity index (χ1n) is 8.81. The summed E-state index contributed by atoms with van der Waals surface area (Å²) in [6.45, 7) is 3.77. The van der Waals surface area contributed by atoms with Crippen LogP contribution < -0.4 is 26.8 Å². The molecule has 2 aliphatic heterocycles. The van der Waals surface area contributed by atoms with E-state index in [0.717, 1.165) is 30.9 Å². The van der Waals surface area contributed by atoms with Crippen molar-refractivity contribution < 1.29 is 42.8 Å². The Hall–Kier alpha value is -1.31. The van der Waals surface area contributed by atoms with Gasteiger partial charge in [-0.15, -0.1) is 0 Å². The lowest BCUT2D eigenvalue weighted by Crippen LogP contribution is -3.16. The number of aliphatic hydroxyl groups excluding tert-OH is 1. The molecule has 0 saturated carbocycles. The zero-order valence-corrected chi connectivity index (χ0v) is 15.8. The Bertz CT molecular complexity index is 711. The van der Waals surface area contributed by atoms with E-state index in [2.05, 4.69) is 25.3 Å². The molecule has 4 aliphatic rings. The van der Waals surface area contributed by atoms with Crippen molar-refractivity contribution in [1.82, 2.24) is 0 Å². The fourth-order valence-corrected chi connectivity index (χ4v) is 5.64. The normalized spacial score (nSPS) is 37.3. The molecular weight excluding hydrogens is 358 g/mol. The number of quaternary nitrogens is 1. The van der Waals surface area contributed by atoms with Crippen LogP contribution in [0.2, 0.25) is 0 Å². The largest absolute Gasteiger partial charge is 1.00 e. The van der Waals surface area contributed by atoms with Crippen molar-refractivity contribution in [3.63, 3.8) is 0 Å². The lowest BCUT2D eigenvalue weighted by Gasteiger charge is -2.54. The minimum absolute atomic E-state index is 0. The quantitative estimate of drug-likeness (QED) is 0.504. The molecule has 2 aliphatic carbocycles. The highest BCUT2D eigenvalue weighted by atomic mass is 35.5. The van der Waals surface area contributed by atoms with Gasteiger partial charge in [-0.25, -0.2) is 0 Å².